The molecule has 0 atom stereocenters. The van der Waals surface area contributed by atoms with Gasteiger partial charge in [-0.2, -0.15) is 0 Å². The summed E-state index contributed by atoms with van der Waals surface area (Å²) >= 11 is 0. The van der Waals surface area contributed by atoms with E-state index in [9.17, 15) is 4.79 Å². The molecule has 3 heteroatoms. The zero-order valence-corrected chi connectivity index (χ0v) is 13.9. The van der Waals surface area contributed by atoms with Crippen LogP contribution in [0.4, 0.5) is 0 Å². The lowest BCUT2D eigenvalue weighted by Gasteiger charge is -2.19. The summed E-state index contributed by atoms with van der Waals surface area (Å²) in [5.41, 5.74) is -1.07. The molecule has 0 bridgehead atoms. The van der Waals surface area contributed by atoms with Crippen LogP contribution in [0.25, 0.3) is 0 Å². The van der Waals surface area contributed by atoms with Crippen LogP contribution in [0.1, 0.15) is 72.1 Å². The molecule has 3 nitrogen and oxygen atoms in total. The Morgan fingerprint density at radius 1 is 1.00 bits per heavy atom. The summed E-state index contributed by atoms with van der Waals surface area (Å²) in [4.78, 5) is 10.8. The molecule has 0 amide bonds. The average molecular weight is 296 g/mol. The molecule has 0 spiro atoms. The highest BCUT2D eigenvalue weighted by atomic mass is 16.5. The van der Waals surface area contributed by atoms with Crippen LogP contribution in [-0.2, 0) is 9.53 Å². The van der Waals surface area contributed by atoms with Crippen molar-refractivity contribution in [3.8, 4) is 0 Å². The van der Waals surface area contributed by atoms with E-state index in [1.807, 2.05) is 0 Å². The standard InChI is InChI=1S/C18H32O3/c1-4-5-6-7-8-9-10-11-12-13-14-15-16-21-18(2,3)17(19)20/h8-9,11-12H,4-7,10,13-16H2,1-3H3,(H,19,20)/b9-8-,12-11-. The number of aliphatic carboxylic acids is 1. The molecule has 0 saturated carbocycles. The van der Waals surface area contributed by atoms with E-state index in [0.29, 0.717) is 6.61 Å². The van der Waals surface area contributed by atoms with Crippen molar-refractivity contribution < 1.29 is 14.6 Å². The molecule has 0 radical (unpaired) electrons. The lowest BCUT2D eigenvalue weighted by atomic mass is 10.1. The van der Waals surface area contributed by atoms with Gasteiger partial charge in [0.25, 0.3) is 0 Å². The SMILES string of the molecule is CCCCC/C=C\C/C=C\CCCCOC(C)(C)C(=O)O. The first-order chi connectivity index (χ1) is 10.0. The number of ether oxygens (including phenoxy) is 1. The van der Waals surface area contributed by atoms with Gasteiger partial charge in [-0.3, -0.25) is 0 Å². The maximum absolute atomic E-state index is 10.8. The zero-order valence-electron chi connectivity index (χ0n) is 13.9. The Hall–Kier alpha value is -1.09. The summed E-state index contributed by atoms with van der Waals surface area (Å²) in [5, 5.41) is 8.89. The number of rotatable bonds is 13. The Labute approximate surface area is 130 Å². The molecule has 0 aliphatic heterocycles. The van der Waals surface area contributed by atoms with E-state index in [0.717, 1.165) is 25.7 Å². The lowest BCUT2D eigenvalue weighted by molar-refractivity contribution is -0.161. The summed E-state index contributed by atoms with van der Waals surface area (Å²) in [6.45, 7) is 5.90. The summed E-state index contributed by atoms with van der Waals surface area (Å²) in [5.74, 6) is -0.909. The van der Waals surface area contributed by atoms with Gasteiger partial charge >= 0.3 is 5.97 Å². The number of allylic oxidation sites excluding steroid dienone is 4. The molecule has 122 valence electrons. The Kier molecular flexibility index (Phi) is 12.0. The highest BCUT2D eigenvalue weighted by Gasteiger charge is 2.27. The van der Waals surface area contributed by atoms with Gasteiger partial charge < -0.3 is 9.84 Å². The van der Waals surface area contributed by atoms with Crippen molar-refractivity contribution >= 4 is 5.97 Å². The molecule has 0 saturated heterocycles. The lowest BCUT2D eigenvalue weighted by Crippen LogP contribution is -2.34. The van der Waals surface area contributed by atoms with Crippen LogP contribution >= 0.6 is 0 Å². The maximum Gasteiger partial charge on any atom is 0.335 e. The summed E-state index contributed by atoms with van der Waals surface area (Å²) in [7, 11) is 0. The van der Waals surface area contributed by atoms with Gasteiger partial charge in [-0.1, -0.05) is 44.1 Å². The summed E-state index contributed by atoms with van der Waals surface area (Å²) in [6, 6.07) is 0. The fourth-order valence-electron chi connectivity index (χ4n) is 1.77. The van der Waals surface area contributed by atoms with Crippen LogP contribution in [0.5, 0.6) is 0 Å². The molecule has 0 rings (SSSR count). The van der Waals surface area contributed by atoms with Crippen molar-refractivity contribution in [2.45, 2.75) is 77.7 Å². The van der Waals surface area contributed by atoms with Crippen molar-refractivity contribution in [2.24, 2.45) is 0 Å². The fraction of sp³-hybridized carbons (Fsp3) is 0.722. The largest absolute Gasteiger partial charge is 0.479 e. The van der Waals surface area contributed by atoms with Crippen LogP contribution < -0.4 is 0 Å². The van der Waals surface area contributed by atoms with Crippen LogP contribution in [0.2, 0.25) is 0 Å². The van der Waals surface area contributed by atoms with Gasteiger partial charge in [-0.15, -0.1) is 0 Å². The van der Waals surface area contributed by atoms with E-state index < -0.39 is 11.6 Å². The minimum absolute atomic E-state index is 0.504. The number of hydrogen-bond donors (Lipinski definition) is 1. The van der Waals surface area contributed by atoms with Gasteiger partial charge in [0.15, 0.2) is 5.60 Å². The number of carboxylic acids is 1. The Balaban J connectivity index is 3.43. The average Bonchev–Trinajstić information content (AvgIpc) is 2.43. The Morgan fingerprint density at radius 3 is 2.10 bits per heavy atom. The number of unbranched alkanes of at least 4 members (excludes halogenated alkanes) is 5. The van der Waals surface area contributed by atoms with E-state index in [1.165, 1.54) is 25.7 Å². The van der Waals surface area contributed by atoms with E-state index in [1.54, 1.807) is 13.8 Å². The Bertz CT molecular complexity index is 316. The molecule has 0 unspecified atom stereocenters. The van der Waals surface area contributed by atoms with Crippen molar-refractivity contribution in [3.63, 3.8) is 0 Å². The first-order valence-electron chi connectivity index (χ1n) is 8.18. The molecule has 0 fully saturated rings. The fourth-order valence-corrected chi connectivity index (χ4v) is 1.77. The van der Waals surface area contributed by atoms with E-state index >= 15 is 0 Å². The molecule has 0 aliphatic rings. The molecule has 0 heterocycles. The zero-order chi connectivity index (χ0) is 16.0. The van der Waals surface area contributed by atoms with Crippen LogP contribution in [-0.4, -0.2) is 23.3 Å². The molecule has 0 aromatic heterocycles. The predicted molar refractivity (Wildman–Crippen MR) is 88.6 cm³/mol. The second-order valence-electron chi connectivity index (χ2n) is 5.83. The normalized spacial score (nSPS) is 12.5. The minimum atomic E-state index is -1.07. The molecular weight excluding hydrogens is 264 g/mol. The highest BCUT2D eigenvalue weighted by molar-refractivity contribution is 5.76. The van der Waals surface area contributed by atoms with Gasteiger partial charge in [0.1, 0.15) is 0 Å². The summed E-state index contributed by atoms with van der Waals surface area (Å²) < 4.78 is 5.35. The predicted octanol–water partition coefficient (Wildman–Crippen LogP) is 5.12. The first-order valence-corrected chi connectivity index (χ1v) is 8.18. The van der Waals surface area contributed by atoms with Crippen molar-refractivity contribution in [1.29, 1.82) is 0 Å². The second kappa shape index (κ2) is 12.6. The van der Waals surface area contributed by atoms with E-state index in [2.05, 4.69) is 31.2 Å². The molecule has 1 N–H and O–H groups in total. The molecule has 0 aromatic carbocycles. The number of carbonyl (C=O) groups is 1. The van der Waals surface area contributed by atoms with Gasteiger partial charge in [0, 0.05) is 6.61 Å². The third kappa shape index (κ3) is 12.4. The molecule has 0 aromatic rings. The third-order valence-electron chi connectivity index (χ3n) is 3.32. The monoisotopic (exact) mass is 296 g/mol. The number of hydrogen-bond acceptors (Lipinski definition) is 2. The Morgan fingerprint density at radius 2 is 1.57 bits per heavy atom. The van der Waals surface area contributed by atoms with Gasteiger partial charge in [0.05, 0.1) is 0 Å². The van der Waals surface area contributed by atoms with Gasteiger partial charge in [-0.25, -0.2) is 4.79 Å². The van der Waals surface area contributed by atoms with Crippen LogP contribution in [0.3, 0.4) is 0 Å². The van der Waals surface area contributed by atoms with Crippen molar-refractivity contribution in [3.05, 3.63) is 24.3 Å². The van der Waals surface area contributed by atoms with Gasteiger partial charge in [0.2, 0.25) is 0 Å². The van der Waals surface area contributed by atoms with Crippen molar-refractivity contribution in [1.82, 2.24) is 0 Å². The van der Waals surface area contributed by atoms with Crippen LogP contribution in [0, 0.1) is 0 Å². The van der Waals surface area contributed by atoms with E-state index in [-0.39, 0.29) is 0 Å². The second-order valence-corrected chi connectivity index (χ2v) is 5.83. The molecule has 0 aliphatic carbocycles. The van der Waals surface area contributed by atoms with E-state index in [4.69, 9.17) is 9.84 Å². The molecular formula is C18H32O3. The maximum atomic E-state index is 10.8. The van der Waals surface area contributed by atoms with Crippen LogP contribution in [0.15, 0.2) is 24.3 Å². The highest BCUT2D eigenvalue weighted by Crippen LogP contribution is 2.10. The number of carboxylic acid groups (broad SMARTS) is 1. The third-order valence-corrected chi connectivity index (χ3v) is 3.32. The first kappa shape index (κ1) is 19.9. The molecule has 21 heavy (non-hydrogen) atoms. The topological polar surface area (TPSA) is 46.5 Å². The smallest absolute Gasteiger partial charge is 0.335 e. The summed E-state index contributed by atoms with van der Waals surface area (Å²) in [6.07, 6.45) is 17.9. The quantitative estimate of drug-likeness (QED) is 0.379. The van der Waals surface area contributed by atoms with Gasteiger partial charge in [-0.05, 0) is 52.4 Å². The van der Waals surface area contributed by atoms with Crippen molar-refractivity contribution in [2.75, 3.05) is 6.61 Å². The minimum Gasteiger partial charge on any atom is -0.479 e.